The maximum absolute atomic E-state index is 5.19. The number of ether oxygens (including phenoxy) is 1. The lowest BCUT2D eigenvalue weighted by Gasteiger charge is -2.10. The number of thiophene rings is 1. The van der Waals surface area contributed by atoms with Gasteiger partial charge >= 0.3 is 0 Å². The molecular weight excluding hydrogens is 485 g/mol. The predicted octanol–water partition coefficient (Wildman–Crippen LogP) is 4.12. The van der Waals surface area contributed by atoms with Crippen LogP contribution < -0.4 is 15.4 Å². The van der Waals surface area contributed by atoms with Crippen LogP contribution in [0.5, 0.6) is 5.75 Å². The molecule has 0 saturated heterocycles. The molecule has 0 unspecified atom stereocenters. The molecule has 0 saturated carbocycles. The van der Waals surface area contributed by atoms with Crippen molar-refractivity contribution in [3.63, 3.8) is 0 Å². The number of benzene rings is 1. The van der Waals surface area contributed by atoms with E-state index in [0.717, 1.165) is 36.2 Å². The van der Waals surface area contributed by atoms with Crippen LogP contribution in [0.1, 0.15) is 22.4 Å². The molecule has 0 fully saturated rings. The normalized spacial score (nSPS) is 11.0. The third-order valence-corrected chi connectivity index (χ3v) is 4.95. The highest BCUT2D eigenvalue weighted by Gasteiger charge is 2.04. The first kappa shape index (κ1) is 22.2. The van der Waals surface area contributed by atoms with Gasteiger partial charge in [0, 0.05) is 22.5 Å². The summed E-state index contributed by atoms with van der Waals surface area (Å²) in [4.78, 5) is 7.25. The van der Waals surface area contributed by atoms with E-state index < -0.39 is 0 Å². The quantitative estimate of drug-likeness (QED) is 0.285. The van der Waals surface area contributed by atoms with Crippen molar-refractivity contribution in [3.8, 4) is 11.4 Å². The molecule has 6 nitrogen and oxygen atoms in total. The number of methoxy groups -OCH3 is 1. The van der Waals surface area contributed by atoms with E-state index >= 15 is 0 Å². The minimum atomic E-state index is 0. The van der Waals surface area contributed by atoms with E-state index in [1.807, 2.05) is 41.2 Å². The molecule has 2 heterocycles. The maximum atomic E-state index is 5.19. The molecule has 0 bridgehead atoms. The molecule has 28 heavy (non-hydrogen) atoms. The summed E-state index contributed by atoms with van der Waals surface area (Å²) in [6.45, 7) is 6.28. The third-order valence-electron chi connectivity index (χ3n) is 3.95. The van der Waals surface area contributed by atoms with Gasteiger partial charge in [-0.15, -0.1) is 35.3 Å². The number of guanidine groups is 1. The molecule has 150 valence electrons. The molecule has 2 aromatic heterocycles. The average molecular weight is 511 g/mol. The summed E-state index contributed by atoms with van der Waals surface area (Å²) in [5.41, 5.74) is 1.90. The standard InChI is InChI=1S/C20H25N5OS.HI/c1-4-21-20(23-14-19-10-5-15(2)27-19)22-13-16-11-12-25(24-16)17-6-8-18(26-3)9-7-17;/h5-12H,4,13-14H2,1-3H3,(H2,21,22,23);1H. The molecule has 0 radical (unpaired) electrons. The SMILES string of the molecule is CCNC(=NCc1ccn(-c2ccc(OC)cc2)n1)NCc1ccc(C)s1.I. The van der Waals surface area contributed by atoms with Crippen LogP contribution in [-0.2, 0) is 13.1 Å². The molecule has 0 aliphatic rings. The van der Waals surface area contributed by atoms with E-state index in [9.17, 15) is 0 Å². The highest BCUT2D eigenvalue weighted by atomic mass is 127. The fourth-order valence-electron chi connectivity index (χ4n) is 2.58. The van der Waals surface area contributed by atoms with Gasteiger partial charge in [0.1, 0.15) is 5.75 Å². The number of nitrogens with zero attached hydrogens (tertiary/aromatic N) is 3. The van der Waals surface area contributed by atoms with E-state index in [1.165, 1.54) is 9.75 Å². The molecule has 3 aromatic rings. The summed E-state index contributed by atoms with van der Waals surface area (Å²) >= 11 is 1.80. The molecule has 8 heteroatoms. The lowest BCUT2D eigenvalue weighted by molar-refractivity contribution is 0.414. The number of aryl methyl sites for hydroxylation is 1. The topological polar surface area (TPSA) is 63.5 Å². The Bertz CT molecular complexity index is 888. The fourth-order valence-corrected chi connectivity index (χ4v) is 3.41. The Kier molecular flexibility index (Phi) is 8.78. The van der Waals surface area contributed by atoms with Gasteiger partial charge in [0.2, 0.25) is 0 Å². The van der Waals surface area contributed by atoms with Gasteiger partial charge in [-0.05, 0) is 56.3 Å². The van der Waals surface area contributed by atoms with Crippen LogP contribution in [0, 0.1) is 6.92 Å². The minimum Gasteiger partial charge on any atom is -0.497 e. The number of aromatic nitrogens is 2. The van der Waals surface area contributed by atoms with E-state index in [-0.39, 0.29) is 24.0 Å². The Hall–Kier alpha value is -2.07. The Labute approximate surface area is 187 Å². The summed E-state index contributed by atoms with van der Waals surface area (Å²) in [6.07, 6.45) is 1.95. The van der Waals surface area contributed by atoms with Crippen molar-refractivity contribution in [2.24, 2.45) is 4.99 Å². The van der Waals surface area contributed by atoms with Crippen molar-refractivity contribution in [2.75, 3.05) is 13.7 Å². The van der Waals surface area contributed by atoms with Gasteiger partial charge in [0.25, 0.3) is 0 Å². The highest BCUT2D eigenvalue weighted by molar-refractivity contribution is 14.0. The van der Waals surface area contributed by atoms with Crippen LogP contribution in [0.25, 0.3) is 5.69 Å². The first-order valence-electron chi connectivity index (χ1n) is 8.94. The summed E-state index contributed by atoms with van der Waals surface area (Å²) in [7, 11) is 1.66. The lowest BCUT2D eigenvalue weighted by atomic mass is 10.3. The molecule has 0 spiro atoms. The summed E-state index contributed by atoms with van der Waals surface area (Å²) in [5, 5.41) is 11.3. The zero-order valence-electron chi connectivity index (χ0n) is 16.3. The van der Waals surface area contributed by atoms with Crippen molar-refractivity contribution in [1.29, 1.82) is 0 Å². The molecule has 1 aromatic carbocycles. The Morgan fingerprint density at radius 3 is 2.57 bits per heavy atom. The van der Waals surface area contributed by atoms with Crippen molar-refractivity contribution in [2.45, 2.75) is 26.9 Å². The lowest BCUT2D eigenvalue weighted by Crippen LogP contribution is -2.36. The Morgan fingerprint density at radius 2 is 1.93 bits per heavy atom. The van der Waals surface area contributed by atoms with Crippen LogP contribution in [0.15, 0.2) is 53.7 Å². The van der Waals surface area contributed by atoms with E-state index in [2.05, 4.69) is 46.7 Å². The van der Waals surface area contributed by atoms with Crippen LogP contribution >= 0.6 is 35.3 Å². The number of aliphatic imine (C=N–C) groups is 1. The van der Waals surface area contributed by atoms with E-state index in [1.54, 1.807) is 18.4 Å². The molecular formula is C20H26IN5OS. The average Bonchev–Trinajstić information content (AvgIpc) is 3.33. The maximum Gasteiger partial charge on any atom is 0.191 e. The molecule has 0 aliphatic heterocycles. The van der Waals surface area contributed by atoms with Crippen LogP contribution in [-0.4, -0.2) is 29.4 Å². The van der Waals surface area contributed by atoms with Crippen molar-refractivity contribution in [1.82, 2.24) is 20.4 Å². The van der Waals surface area contributed by atoms with E-state index in [4.69, 9.17) is 4.74 Å². The number of hydrogen-bond acceptors (Lipinski definition) is 4. The van der Waals surface area contributed by atoms with Crippen molar-refractivity contribution >= 4 is 41.3 Å². The molecule has 0 atom stereocenters. The zero-order chi connectivity index (χ0) is 19.1. The second-order valence-corrected chi connectivity index (χ2v) is 7.38. The van der Waals surface area contributed by atoms with Crippen LogP contribution in [0.4, 0.5) is 0 Å². The van der Waals surface area contributed by atoms with E-state index in [0.29, 0.717) is 6.54 Å². The monoisotopic (exact) mass is 511 g/mol. The largest absolute Gasteiger partial charge is 0.497 e. The van der Waals surface area contributed by atoms with Crippen molar-refractivity contribution < 1.29 is 4.74 Å². The summed E-state index contributed by atoms with van der Waals surface area (Å²) in [5.74, 6) is 1.63. The second-order valence-electron chi connectivity index (χ2n) is 6.01. The molecule has 2 N–H and O–H groups in total. The Morgan fingerprint density at radius 1 is 1.14 bits per heavy atom. The highest BCUT2D eigenvalue weighted by Crippen LogP contribution is 2.15. The van der Waals surface area contributed by atoms with Crippen LogP contribution in [0.3, 0.4) is 0 Å². The van der Waals surface area contributed by atoms with Gasteiger partial charge in [0.05, 0.1) is 31.6 Å². The first-order valence-corrected chi connectivity index (χ1v) is 9.76. The second kappa shape index (κ2) is 11.1. The van der Waals surface area contributed by atoms with Gasteiger partial charge < -0.3 is 15.4 Å². The van der Waals surface area contributed by atoms with Crippen LogP contribution in [0.2, 0.25) is 0 Å². The van der Waals surface area contributed by atoms with Gasteiger partial charge in [-0.1, -0.05) is 0 Å². The van der Waals surface area contributed by atoms with Gasteiger partial charge in [-0.25, -0.2) is 9.67 Å². The molecule has 0 aliphatic carbocycles. The predicted molar refractivity (Wildman–Crippen MR) is 126 cm³/mol. The van der Waals surface area contributed by atoms with Gasteiger partial charge in [0.15, 0.2) is 5.96 Å². The molecule has 3 rings (SSSR count). The summed E-state index contributed by atoms with van der Waals surface area (Å²) in [6, 6.07) is 14.1. The minimum absolute atomic E-state index is 0. The third kappa shape index (κ3) is 6.23. The number of nitrogens with one attached hydrogen (secondary N) is 2. The number of halogens is 1. The first-order chi connectivity index (χ1) is 13.2. The smallest absolute Gasteiger partial charge is 0.191 e. The zero-order valence-corrected chi connectivity index (χ0v) is 19.5. The number of rotatable bonds is 7. The van der Waals surface area contributed by atoms with Gasteiger partial charge in [-0.2, -0.15) is 5.10 Å². The Balaban J connectivity index is 0.00000280. The fraction of sp³-hybridized carbons (Fsp3) is 0.300. The number of hydrogen-bond donors (Lipinski definition) is 2. The van der Waals surface area contributed by atoms with Crippen molar-refractivity contribution in [3.05, 3.63) is 64.1 Å². The molecule has 0 amide bonds. The van der Waals surface area contributed by atoms with Gasteiger partial charge in [-0.3, -0.25) is 0 Å². The summed E-state index contributed by atoms with van der Waals surface area (Å²) < 4.78 is 7.04.